The number of nitro groups is 1. The third-order valence-corrected chi connectivity index (χ3v) is 5.42. The number of piperazine rings is 1. The number of aromatic nitrogens is 1. The highest BCUT2D eigenvalue weighted by Gasteiger charge is 2.19. The lowest BCUT2D eigenvalue weighted by atomic mass is 10.2. The van der Waals surface area contributed by atoms with E-state index in [2.05, 4.69) is 26.2 Å². The van der Waals surface area contributed by atoms with E-state index in [9.17, 15) is 10.1 Å². The first-order chi connectivity index (χ1) is 14.6. The molecule has 156 valence electrons. The van der Waals surface area contributed by atoms with E-state index in [4.69, 9.17) is 4.74 Å². The number of hydrogen-bond donors (Lipinski definition) is 1. The molecule has 2 heterocycles. The van der Waals surface area contributed by atoms with Crippen molar-refractivity contribution in [1.29, 1.82) is 0 Å². The summed E-state index contributed by atoms with van der Waals surface area (Å²) in [5.41, 5.74) is 1.98. The van der Waals surface area contributed by atoms with E-state index in [-0.39, 0.29) is 10.6 Å². The number of nitrogens with zero attached hydrogens (tertiary/aromatic N) is 4. The van der Waals surface area contributed by atoms with Crippen LogP contribution in [0.2, 0.25) is 0 Å². The zero-order valence-electron chi connectivity index (χ0n) is 17.0. The predicted octanol–water partition coefficient (Wildman–Crippen LogP) is 3.39. The van der Waals surface area contributed by atoms with Crippen LogP contribution in [0.1, 0.15) is 0 Å². The average Bonchev–Trinajstić information content (AvgIpc) is 2.79. The van der Waals surface area contributed by atoms with E-state index in [1.165, 1.54) is 6.07 Å². The number of anilines is 2. The van der Waals surface area contributed by atoms with Crippen molar-refractivity contribution in [2.75, 3.05) is 56.6 Å². The number of methoxy groups -OCH3 is 1. The summed E-state index contributed by atoms with van der Waals surface area (Å²) in [6.45, 7) is 5.64. The van der Waals surface area contributed by atoms with Gasteiger partial charge in [0, 0.05) is 56.8 Å². The van der Waals surface area contributed by atoms with E-state index in [0.29, 0.717) is 0 Å². The first-order valence-corrected chi connectivity index (χ1v) is 10.0. The molecular weight excluding hydrogens is 382 g/mol. The van der Waals surface area contributed by atoms with Crippen LogP contribution in [0.25, 0.3) is 10.9 Å². The Balaban J connectivity index is 1.28. The van der Waals surface area contributed by atoms with Crippen molar-refractivity contribution in [3.8, 4) is 5.75 Å². The number of benzene rings is 2. The van der Waals surface area contributed by atoms with Crippen molar-refractivity contribution in [2.24, 2.45) is 0 Å². The summed E-state index contributed by atoms with van der Waals surface area (Å²) >= 11 is 0. The van der Waals surface area contributed by atoms with Gasteiger partial charge in [0.2, 0.25) is 0 Å². The molecule has 1 aliphatic heterocycles. The van der Waals surface area contributed by atoms with Crippen molar-refractivity contribution in [2.45, 2.75) is 0 Å². The summed E-state index contributed by atoms with van der Waals surface area (Å²) in [7, 11) is 1.71. The second-order valence-electron chi connectivity index (χ2n) is 7.26. The summed E-state index contributed by atoms with van der Waals surface area (Å²) < 4.78 is 5.48. The Morgan fingerprint density at radius 2 is 1.90 bits per heavy atom. The number of nitro benzene ring substituents is 1. The Labute approximate surface area is 175 Å². The van der Waals surface area contributed by atoms with Gasteiger partial charge in [-0.25, -0.2) is 4.98 Å². The SMILES string of the molecule is COc1ccccc1N1CCN(CCNc2ccc3cc([N+](=O)[O-])ccc3n2)CC1. The first-order valence-electron chi connectivity index (χ1n) is 10.0. The average molecular weight is 407 g/mol. The quantitative estimate of drug-likeness (QED) is 0.475. The number of fused-ring (bicyclic) bond motifs is 1. The topological polar surface area (TPSA) is 83.8 Å². The fourth-order valence-electron chi connectivity index (χ4n) is 3.77. The zero-order chi connectivity index (χ0) is 20.9. The summed E-state index contributed by atoms with van der Waals surface area (Å²) in [5, 5.41) is 15.0. The van der Waals surface area contributed by atoms with Crippen LogP contribution >= 0.6 is 0 Å². The predicted molar refractivity (Wildman–Crippen MR) is 119 cm³/mol. The van der Waals surface area contributed by atoms with Gasteiger partial charge in [0.1, 0.15) is 11.6 Å². The van der Waals surface area contributed by atoms with E-state index in [1.807, 2.05) is 30.3 Å². The van der Waals surface area contributed by atoms with Crippen molar-refractivity contribution < 1.29 is 9.66 Å². The van der Waals surface area contributed by atoms with Crippen LogP contribution in [0.4, 0.5) is 17.2 Å². The fourth-order valence-corrected chi connectivity index (χ4v) is 3.77. The molecule has 0 radical (unpaired) electrons. The maximum Gasteiger partial charge on any atom is 0.270 e. The highest BCUT2D eigenvalue weighted by molar-refractivity contribution is 5.82. The van der Waals surface area contributed by atoms with Gasteiger partial charge in [0.05, 0.1) is 23.2 Å². The summed E-state index contributed by atoms with van der Waals surface area (Å²) in [6.07, 6.45) is 0. The van der Waals surface area contributed by atoms with Crippen LogP contribution in [0, 0.1) is 10.1 Å². The molecule has 8 heteroatoms. The van der Waals surface area contributed by atoms with Crippen LogP contribution < -0.4 is 15.0 Å². The normalized spacial score (nSPS) is 14.6. The number of rotatable bonds is 7. The Morgan fingerprint density at radius 3 is 2.67 bits per heavy atom. The van der Waals surface area contributed by atoms with Gasteiger partial charge in [-0.1, -0.05) is 12.1 Å². The Morgan fingerprint density at radius 1 is 1.10 bits per heavy atom. The number of hydrogen-bond acceptors (Lipinski definition) is 7. The number of para-hydroxylation sites is 2. The molecule has 1 aromatic heterocycles. The number of nitrogens with one attached hydrogen (secondary N) is 1. The Kier molecular flexibility index (Phi) is 5.94. The van der Waals surface area contributed by atoms with Gasteiger partial charge in [-0.3, -0.25) is 15.0 Å². The molecule has 0 unspecified atom stereocenters. The van der Waals surface area contributed by atoms with Crippen molar-refractivity contribution >= 4 is 28.1 Å². The van der Waals surface area contributed by atoms with Crippen LogP contribution in [0.3, 0.4) is 0 Å². The molecule has 3 aromatic rings. The number of pyridine rings is 1. The molecule has 0 saturated carbocycles. The first kappa shape index (κ1) is 19.9. The van der Waals surface area contributed by atoms with Gasteiger partial charge in [-0.15, -0.1) is 0 Å². The minimum atomic E-state index is -0.390. The Bertz CT molecular complexity index is 1030. The van der Waals surface area contributed by atoms with Gasteiger partial charge in [-0.05, 0) is 30.3 Å². The smallest absolute Gasteiger partial charge is 0.270 e. The van der Waals surface area contributed by atoms with E-state index >= 15 is 0 Å². The van der Waals surface area contributed by atoms with E-state index in [1.54, 1.807) is 19.2 Å². The van der Waals surface area contributed by atoms with E-state index < -0.39 is 0 Å². The Hall–Kier alpha value is -3.39. The lowest BCUT2D eigenvalue weighted by Gasteiger charge is -2.36. The second kappa shape index (κ2) is 8.96. The molecule has 30 heavy (non-hydrogen) atoms. The lowest BCUT2D eigenvalue weighted by Crippen LogP contribution is -2.47. The van der Waals surface area contributed by atoms with Gasteiger partial charge >= 0.3 is 0 Å². The zero-order valence-corrected chi connectivity index (χ0v) is 17.0. The van der Waals surface area contributed by atoms with Gasteiger partial charge in [-0.2, -0.15) is 0 Å². The highest BCUT2D eigenvalue weighted by Crippen LogP contribution is 2.28. The third-order valence-electron chi connectivity index (χ3n) is 5.42. The summed E-state index contributed by atoms with van der Waals surface area (Å²) in [6, 6.07) is 16.6. The maximum absolute atomic E-state index is 10.9. The fraction of sp³-hybridized carbons (Fsp3) is 0.318. The van der Waals surface area contributed by atoms with Crippen LogP contribution in [-0.2, 0) is 0 Å². The number of non-ortho nitro benzene ring substituents is 1. The van der Waals surface area contributed by atoms with Crippen molar-refractivity contribution in [3.05, 3.63) is 64.7 Å². The van der Waals surface area contributed by atoms with Gasteiger partial charge in [0.25, 0.3) is 5.69 Å². The van der Waals surface area contributed by atoms with E-state index in [0.717, 1.165) is 67.4 Å². The largest absolute Gasteiger partial charge is 0.495 e. The molecule has 1 fully saturated rings. The highest BCUT2D eigenvalue weighted by atomic mass is 16.6. The molecule has 8 nitrogen and oxygen atoms in total. The minimum absolute atomic E-state index is 0.0808. The van der Waals surface area contributed by atoms with Gasteiger partial charge < -0.3 is 15.0 Å². The molecule has 2 aromatic carbocycles. The molecule has 0 bridgehead atoms. The monoisotopic (exact) mass is 407 g/mol. The summed E-state index contributed by atoms with van der Waals surface area (Å²) in [5.74, 6) is 1.70. The molecule has 0 amide bonds. The van der Waals surface area contributed by atoms with Crippen molar-refractivity contribution in [3.63, 3.8) is 0 Å². The molecule has 0 atom stereocenters. The third kappa shape index (κ3) is 4.44. The maximum atomic E-state index is 10.9. The molecule has 1 aliphatic rings. The number of ether oxygens (including phenoxy) is 1. The molecule has 1 N–H and O–H groups in total. The minimum Gasteiger partial charge on any atom is -0.495 e. The lowest BCUT2D eigenvalue weighted by molar-refractivity contribution is -0.384. The van der Waals surface area contributed by atoms with Crippen LogP contribution in [-0.4, -0.2) is 61.2 Å². The molecule has 0 spiro atoms. The molecule has 1 saturated heterocycles. The molecule has 0 aliphatic carbocycles. The molecule has 4 rings (SSSR count). The standard InChI is InChI=1S/C22H25N5O3/c1-30-21-5-3-2-4-20(21)26-14-12-25(13-15-26)11-10-23-22-9-6-17-16-18(27(28)29)7-8-19(17)24-22/h2-9,16H,10-15H2,1H3,(H,23,24). The van der Waals surface area contributed by atoms with Gasteiger partial charge in [0.15, 0.2) is 0 Å². The van der Waals surface area contributed by atoms with Crippen molar-refractivity contribution in [1.82, 2.24) is 9.88 Å². The van der Waals surface area contributed by atoms with Crippen LogP contribution in [0.5, 0.6) is 5.75 Å². The molecular formula is C22H25N5O3. The second-order valence-corrected chi connectivity index (χ2v) is 7.26. The van der Waals surface area contributed by atoms with Crippen LogP contribution in [0.15, 0.2) is 54.6 Å². The summed E-state index contributed by atoms with van der Waals surface area (Å²) in [4.78, 5) is 19.9.